The Balaban J connectivity index is 3.31. The summed E-state index contributed by atoms with van der Waals surface area (Å²) in [5, 5.41) is 0. The second-order valence-electron chi connectivity index (χ2n) is 3.01. The topological polar surface area (TPSA) is 52.3 Å². The summed E-state index contributed by atoms with van der Waals surface area (Å²) in [4.78, 5) is 0. The summed E-state index contributed by atoms with van der Waals surface area (Å²) < 4.78 is 16.2. The summed E-state index contributed by atoms with van der Waals surface area (Å²) in [5.41, 5.74) is 5.27. The number of rotatable bonds is 7. The van der Waals surface area contributed by atoms with Gasteiger partial charge in [-0.15, -0.1) is 4.52 Å². The molecule has 12 heavy (non-hydrogen) atoms. The molecule has 2 unspecified atom stereocenters. The Labute approximate surface area is 75.5 Å². The molecule has 0 aromatic carbocycles. The van der Waals surface area contributed by atoms with Crippen LogP contribution in [0.4, 0.5) is 0 Å². The minimum atomic E-state index is -1.45. The molecule has 0 aliphatic heterocycles. The smallest absolute Gasteiger partial charge is 0.330 e. The normalized spacial score (nSPS) is 14.4. The molecular weight excluding hydrogens is 173 g/mol. The molecule has 72 valence electrons. The summed E-state index contributed by atoms with van der Waals surface area (Å²) >= 11 is 0. The maximum Gasteiger partial charge on any atom is 0.508 e. The molecule has 0 saturated carbocycles. The van der Waals surface area contributed by atoms with Gasteiger partial charge in [-0.2, -0.15) is 0 Å². The van der Waals surface area contributed by atoms with E-state index < -0.39 is 8.03 Å². The van der Waals surface area contributed by atoms with Crippen LogP contribution in [0.2, 0.25) is 0 Å². The third-order valence-corrected chi connectivity index (χ3v) is 2.86. The standard InChI is InChI=1S/C8H19NO2P/c1-3-8(2)7-11-12(10)6-4-5-9/h8H,3-7,9H2,1-2H3/q+1. The molecule has 0 bridgehead atoms. The molecule has 4 heteroatoms. The predicted molar refractivity (Wildman–Crippen MR) is 51.6 cm³/mol. The van der Waals surface area contributed by atoms with Crippen LogP contribution in [-0.4, -0.2) is 19.3 Å². The molecule has 0 rings (SSSR count). The first kappa shape index (κ1) is 12.0. The average Bonchev–Trinajstić information content (AvgIpc) is 2.10. The van der Waals surface area contributed by atoms with Crippen molar-refractivity contribution in [1.29, 1.82) is 0 Å². The number of nitrogens with two attached hydrogens (primary N) is 1. The quantitative estimate of drug-likeness (QED) is 0.629. The van der Waals surface area contributed by atoms with Crippen molar-refractivity contribution in [2.75, 3.05) is 19.3 Å². The molecule has 2 N–H and O–H groups in total. The molecular formula is C8H19NO2P+. The monoisotopic (exact) mass is 192 g/mol. The highest BCUT2D eigenvalue weighted by Gasteiger charge is 2.17. The van der Waals surface area contributed by atoms with Crippen molar-refractivity contribution in [3.05, 3.63) is 0 Å². The Morgan fingerprint density at radius 1 is 1.58 bits per heavy atom. The van der Waals surface area contributed by atoms with E-state index in [-0.39, 0.29) is 0 Å². The molecule has 0 fully saturated rings. The zero-order valence-corrected chi connectivity index (χ0v) is 8.85. The highest BCUT2D eigenvalue weighted by molar-refractivity contribution is 7.39. The zero-order chi connectivity index (χ0) is 9.40. The van der Waals surface area contributed by atoms with E-state index >= 15 is 0 Å². The van der Waals surface area contributed by atoms with Gasteiger partial charge in [0.25, 0.3) is 0 Å². The van der Waals surface area contributed by atoms with Gasteiger partial charge >= 0.3 is 8.03 Å². The first-order chi connectivity index (χ1) is 5.70. The van der Waals surface area contributed by atoms with Crippen molar-refractivity contribution in [2.45, 2.75) is 26.7 Å². The van der Waals surface area contributed by atoms with E-state index in [9.17, 15) is 4.57 Å². The molecule has 0 aromatic rings. The van der Waals surface area contributed by atoms with Crippen LogP contribution < -0.4 is 5.73 Å². The molecule has 0 heterocycles. The van der Waals surface area contributed by atoms with Gasteiger partial charge in [0.05, 0.1) is 0 Å². The fourth-order valence-electron chi connectivity index (χ4n) is 0.613. The van der Waals surface area contributed by atoms with Crippen molar-refractivity contribution in [1.82, 2.24) is 0 Å². The van der Waals surface area contributed by atoms with Gasteiger partial charge in [0.2, 0.25) is 0 Å². The SMILES string of the molecule is CCC(C)CO[P+](=O)CCCN. The van der Waals surface area contributed by atoms with Gasteiger partial charge in [-0.1, -0.05) is 20.3 Å². The molecule has 0 saturated heterocycles. The largest absolute Gasteiger partial charge is 0.508 e. The Morgan fingerprint density at radius 3 is 2.75 bits per heavy atom. The molecule has 0 aromatic heterocycles. The van der Waals surface area contributed by atoms with Crippen molar-refractivity contribution >= 4 is 8.03 Å². The van der Waals surface area contributed by atoms with E-state index in [0.29, 0.717) is 25.2 Å². The summed E-state index contributed by atoms with van der Waals surface area (Å²) in [6.45, 7) is 5.39. The van der Waals surface area contributed by atoms with Crippen LogP contribution >= 0.6 is 8.03 Å². The Kier molecular flexibility index (Phi) is 7.67. The minimum absolute atomic E-state index is 0.502. The Hall–Kier alpha value is 0.0200. The number of hydrogen-bond donors (Lipinski definition) is 1. The zero-order valence-electron chi connectivity index (χ0n) is 7.95. The second-order valence-corrected chi connectivity index (χ2v) is 4.38. The molecule has 0 aliphatic carbocycles. The average molecular weight is 192 g/mol. The van der Waals surface area contributed by atoms with Crippen molar-refractivity contribution in [3.63, 3.8) is 0 Å². The van der Waals surface area contributed by atoms with Crippen LogP contribution in [0, 0.1) is 5.92 Å². The number of hydrogen-bond acceptors (Lipinski definition) is 3. The maximum absolute atomic E-state index is 11.1. The van der Waals surface area contributed by atoms with Gasteiger partial charge in [-0.3, -0.25) is 0 Å². The highest BCUT2D eigenvalue weighted by atomic mass is 31.1. The van der Waals surface area contributed by atoms with Crippen LogP contribution in [-0.2, 0) is 9.09 Å². The molecule has 2 atom stereocenters. The van der Waals surface area contributed by atoms with Gasteiger partial charge in [0.1, 0.15) is 6.61 Å². The van der Waals surface area contributed by atoms with Crippen LogP contribution in [0.5, 0.6) is 0 Å². The second kappa shape index (κ2) is 7.66. The van der Waals surface area contributed by atoms with Gasteiger partial charge in [0.15, 0.2) is 6.16 Å². The summed E-state index contributed by atoms with van der Waals surface area (Å²) in [6, 6.07) is 0. The summed E-state index contributed by atoms with van der Waals surface area (Å²) in [6.07, 6.45) is 2.46. The van der Waals surface area contributed by atoms with E-state index in [1.807, 2.05) is 0 Å². The van der Waals surface area contributed by atoms with Crippen molar-refractivity contribution < 1.29 is 9.09 Å². The van der Waals surface area contributed by atoms with Gasteiger partial charge in [-0.25, -0.2) is 0 Å². The summed E-state index contributed by atoms with van der Waals surface area (Å²) in [7, 11) is -1.45. The van der Waals surface area contributed by atoms with Crippen molar-refractivity contribution in [2.24, 2.45) is 11.7 Å². The van der Waals surface area contributed by atoms with Gasteiger partial charge in [0, 0.05) is 6.42 Å². The summed E-state index contributed by atoms with van der Waals surface area (Å²) in [5.74, 6) is 0.502. The van der Waals surface area contributed by atoms with E-state index in [2.05, 4.69) is 13.8 Å². The van der Waals surface area contributed by atoms with Crippen LogP contribution in [0.25, 0.3) is 0 Å². The molecule has 0 aliphatic rings. The van der Waals surface area contributed by atoms with Crippen molar-refractivity contribution in [3.8, 4) is 0 Å². The van der Waals surface area contributed by atoms with E-state index in [1.165, 1.54) is 0 Å². The van der Waals surface area contributed by atoms with Crippen LogP contribution in [0.3, 0.4) is 0 Å². The fraction of sp³-hybridized carbons (Fsp3) is 1.00. The molecule has 0 spiro atoms. The lowest BCUT2D eigenvalue weighted by molar-refractivity contribution is 0.268. The van der Waals surface area contributed by atoms with Crippen LogP contribution in [0.1, 0.15) is 26.7 Å². The fourth-order valence-corrected chi connectivity index (χ4v) is 1.60. The van der Waals surface area contributed by atoms with E-state index in [1.54, 1.807) is 0 Å². The van der Waals surface area contributed by atoms with Crippen LogP contribution in [0.15, 0.2) is 0 Å². The third kappa shape index (κ3) is 6.71. The first-order valence-corrected chi connectivity index (χ1v) is 5.84. The lowest BCUT2D eigenvalue weighted by Crippen LogP contribution is -2.03. The molecule has 0 radical (unpaired) electrons. The Bertz CT molecular complexity index is 130. The molecule has 0 amide bonds. The first-order valence-electron chi connectivity index (χ1n) is 4.48. The highest BCUT2D eigenvalue weighted by Crippen LogP contribution is 2.24. The van der Waals surface area contributed by atoms with Gasteiger partial charge < -0.3 is 5.73 Å². The van der Waals surface area contributed by atoms with Gasteiger partial charge in [-0.05, 0) is 17.0 Å². The maximum atomic E-state index is 11.1. The predicted octanol–water partition coefficient (Wildman–Crippen LogP) is 2.14. The van der Waals surface area contributed by atoms with E-state index in [0.717, 1.165) is 12.8 Å². The Morgan fingerprint density at radius 2 is 2.25 bits per heavy atom. The molecule has 3 nitrogen and oxygen atoms in total. The lowest BCUT2D eigenvalue weighted by atomic mass is 10.1. The van der Waals surface area contributed by atoms with E-state index in [4.69, 9.17) is 10.3 Å². The lowest BCUT2D eigenvalue weighted by Gasteiger charge is -2.00. The third-order valence-electron chi connectivity index (χ3n) is 1.74. The minimum Gasteiger partial charge on any atom is -0.330 e.